The number of hydrogen-bond donors (Lipinski definition) is 4. The van der Waals surface area contributed by atoms with Gasteiger partial charge in [-0.2, -0.15) is 13.2 Å². The maximum atomic E-state index is 14.3. The van der Waals surface area contributed by atoms with Crippen molar-refractivity contribution in [3.63, 3.8) is 0 Å². The van der Waals surface area contributed by atoms with Crippen LogP contribution >= 0.6 is 0 Å². The number of aromatic nitrogens is 6. The molecule has 288 valence electrons. The highest BCUT2D eigenvalue weighted by molar-refractivity contribution is 5.86. The molecule has 0 saturated carbocycles. The lowest BCUT2D eigenvalue weighted by atomic mass is 9.92. The summed E-state index contributed by atoms with van der Waals surface area (Å²) in [6.07, 6.45) is 6.36. The van der Waals surface area contributed by atoms with E-state index in [-0.39, 0.29) is 29.9 Å². The van der Waals surface area contributed by atoms with E-state index in [0.717, 1.165) is 6.42 Å². The van der Waals surface area contributed by atoms with Gasteiger partial charge >= 0.3 is 18.4 Å². The Kier molecular flexibility index (Phi) is 11.0. The Bertz CT molecular complexity index is 1940. The number of allylic oxidation sites excluding steroid dienone is 4. The molecule has 2 saturated heterocycles. The number of imidazole rings is 2. The molecule has 0 bridgehead atoms. The number of nitrogens with one attached hydrogen (secondary N) is 4. The summed E-state index contributed by atoms with van der Waals surface area (Å²) < 4.78 is 52.0. The van der Waals surface area contributed by atoms with Crippen molar-refractivity contribution in [2.24, 2.45) is 0 Å². The van der Waals surface area contributed by atoms with E-state index in [0.29, 0.717) is 60.8 Å². The number of H-pyrrole nitrogens is 2. The molecule has 4 amide bonds. The Balaban J connectivity index is 1.13. The number of likely N-dealkylation sites (tertiary alicyclic amines) is 2. The van der Waals surface area contributed by atoms with Crippen LogP contribution < -0.4 is 10.6 Å². The van der Waals surface area contributed by atoms with Gasteiger partial charge in [0.25, 0.3) is 0 Å². The minimum atomic E-state index is -4.74. The third kappa shape index (κ3) is 7.93. The summed E-state index contributed by atoms with van der Waals surface area (Å²) in [5, 5.41) is 4.91. The van der Waals surface area contributed by atoms with E-state index in [2.05, 4.69) is 50.0 Å². The first-order valence-electron chi connectivity index (χ1n) is 17.5. The third-order valence-electron chi connectivity index (χ3n) is 9.79. The fraction of sp³-hybridized carbons (Fsp3) is 0.486. The average molecular weight is 755 g/mol. The average Bonchev–Trinajstić information content (AvgIpc) is 4.00. The molecule has 54 heavy (non-hydrogen) atoms. The minimum absolute atomic E-state index is 0.0369. The first-order chi connectivity index (χ1) is 25.8. The SMILES string of the molecule is COC(=O)N[C@@H](C)C(=O)N1CCC[C@H]1c1ncc(-c2cnc(C3=CCC(c4[nH]c([C@@H]5CCCN5C(=O)[C@H](C)NC(=O)OC)nc4C(F)(F)F)C=C3)nc2)[nH]1. The minimum Gasteiger partial charge on any atom is -0.453 e. The van der Waals surface area contributed by atoms with E-state index < -0.39 is 54.0 Å². The van der Waals surface area contributed by atoms with Crippen LogP contribution in [0.3, 0.4) is 0 Å². The second-order valence-corrected chi connectivity index (χ2v) is 13.3. The quantitative estimate of drug-likeness (QED) is 0.240. The van der Waals surface area contributed by atoms with Crippen LogP contribution in [0, 0.1) is 0 Å². The van der Waals surface area contributed by atoms with Gasteiger partial charge < -0.3 is 39.9 Å². The molecule has 0 aromatic carbocycles. The van der Waals surface area contributed by atoms with Gasteiger partial charge in [0.2, 0.25) is 11.8 Å². The van der Waals surface area contributed by atoms with E-state index in [1.165, 1.54) is 26.0 Å². The van der Waals surface area contributed by atoms with Gasteiger partial charge in [0.15, 0.2) is 11.5 Å². The number of amides is 4. The Morgan fingerprint density at radius 1 is 0.852 bits per heavy atom. The van der Waals surface area contributed by atoms with Gasteiger partial charge in [0.1, 0.15) is 23.7 Å². The van der Waals surface area contributed by atoms with E-state index in [4.69, 9.17) is 0 Å². The van der Waals surface area contributed by atoms with Crippen molar-refractivity contribution in [1.29, 1.82) is 0 Å². The summed E-state index contributed by atoms with van der Waals surface area (Å²) in [6, 6.07) is -2.74. The van der Waals surface area contributed by atoms with Crippen LogP contribution in [0.5, 0.6) is 0 Å². The number of carbonyl (C=O) groups excluding carboxylic acids is 4. The van der Waals surface area contributed by atoms with E-state index in [1.54, 1.807) is 48.6 Å². The molecule has 3 aliphatic rings. The molecule has 0 spiro atoms. The fourth-order valence-corrected chi connectivity index (χ4v) is 7.04. The predicted octanol–water partition coefficient (Wildman–Crippen LogP) is 4.55. The monoisotopic (exact) mass is 754 g/mol. The molecule has 6 rings (SSSR count). The summed E-state index contributed by atoms with van der Waals surface area (Å²) in [6.45, 7) is 3.90. The van der Waals surface area contributed by atoms with Gasteiger partial charge in [-0.25, -0.2) is 29.5 Å². The smallest absolute Gasteiger partial charge is 0.435 e. The highest BCUT2D eigenvalue weighted by Crippen LogP contribution is 2.41. The van der Waals surface area contributed by atoms with Crippen molar-refractivity contribution in [2.45, 2.75) is 82.2 Å². The topological polar surface area (TPSA) is 200 Å². The number of hydrogen-bond acceptors (Lipinski definition) is 10. The van der Waals surface area contributed by atoms with Gasteiger partial charge in [0, 0.05) is 42.5 Å². The van der Waals surface area contributed by atoms with Gasteiger partial charge in [0.05, 0.1) is 43.9 Å². The van der Waals surface area contributed by atoms with Gasteiger partial charge in [-0.1, -0.05) is 18.2 Å². The molecule has 5 heterocycles. The van der Waals surface area contributed by atoms with Crippen LogP contribution in [0.2, 0.25) is 0 Å². The van der Waals surface area contributed by atoms with Crippen LogP contribution in [-0.4, -0.2) is 103 Å². The summed E-state index contributed by atoms with van der Waals surface area (Å²) in [4.78, 5) is 76.2. The van der Waals surface area contributed by atoms with E-state index in [1.807, 2.05) is 0 Å². The highest BCUT2D eigenvalue weighted by atomic mass is 19.4. The largest absolute Gasteiger partial charge is 0.453 e. The lowest BCUT2D eigenvalue weighted by molar-refractivity contribution is -0.141. The Hall–Kier alpha value is -5.75. The maximum absolute atomic E-state index is 14.3. The summed E-state index contributed by atoms with van der Waals surface area (Å²) in [5.74, 6) is -0.376. The van der Waals surface area contributed by atoms with E-state index >= 15 is 0 Å². The summed E-state index contributed by atoms with van der Waals surface area (Å²) in [7, 11) is 2.40. The number of methoxy groups -OCH3 is 2. The molecule has 0 radical (unpaired) electrons. The number of alkyl halides is 3. The molecule has 1 unspecified atom stereocenters. The second kappa shape index (κ2) is 15.7. The lowest BCUT2D eigenvalue weighted by Crippen LogP contribution is -2.46. The molecule has 2 fully saturated rings. The number of nitrogens with zero attached hydrogens (tertiary/aromatic N) is 6. The number of alkyl carbamates (subject to hydrolysis) is 2. The third-order valence-corrected chi connectivity index (χ3v) is 9.79. The molecule has 3 aromatic rings. The van der Waals surface area contributed by atoms with Crippen molar-refractivity contribution in [3.05, 3.63) is 65.7 Å². The number of halogens is 3. The molecular formula is C35H41F3N10O6. The molecular weight excluding hydrogens is 713 g/mol. The number of carbonyl (C=O) groups is 4. The van der Waals surface area contributed by atoms with Crippen LogP contribution in [0.15, 0.2) is 36.8 Å². The first-order valence-corrected chi connectivity index (χ1v) is 17.5. The van der Waals surface area contributed by atoms with Gasteiger partial charge in [-0.15, -0.1) is 0 Å². The Labute approximate surface area is 308 Å². The number of aromatic amines is 2. The lowest BCUT2D eigenvalue weighted by Gasteiger charge is -2.26. The molecule has 2 aliphatic heterocycles. The standard InChI is InChI=1S/C35H41F3N10O6/c1-18(42-33(51)53-3)31(49)47-13-5-7-24(47)29-41-17-23(44-29)22-15-39-28(40-16-22)21-11-9-20(10-12-21)26-27(35(36,37)38)46-30(45-26)25-8-6-14-48(25)32(50)19(2)43-34(52)54-4/h9,11-12,15-20,24-25H,5-8,10,13-14H2,1-4H3,(H,41,44)(H,42,51)(H,43,52)(H,45,46)/t18-,19-,20?,24-,25-/m0/s1. The Morgan fingerprint density at radius 3 is 1.94 bits per heavy atom. The Morgan fingerprint density at radius 2 is 1.43 bits per heavy atom. The molecule has 4 N–H and O–H groups in total. The number of ether oxygens (including phenoxy) is 2. The molecule has 3 aromatic heterocycles. The fourth-order valence-electron chi connectivity index (χ4n) is 7.04. The predicted molar refractivity (Wildman–Crippen MR) is 185 cm³/mol. The van der Waals surface area contributed by atoms with E-state index in [9.17, 15) is 32.3 Å². The van der Waals surface area contributed by atoms with Crippen molar-refractivity contribution in [2.75, 3.05) is 27.3 Å². The van der Waals surface area contributed by atoms with Gasteiger partial charge in [-0.3, -0.25) is 9.59 Å². The van der Waals surface area contributed by atoms with Crippen molar-refractivity contribution < 1.29 is 41.8 Å². The van der Waals surface area contributed by atoms with Crippen molar-refractivity contribution in [1.82, 2.24) is 50.3 Å². The van der Waals surface area contributed by atoms with Crippen molar-refractivity contribution >= 4 is 29.6 Å². The van der Waals surface area contributed by atoms with Gasteiger partial charge in [-0.05, 0) is 46.0 Å². The zero-order chi connectivity index (χ0) is 38.7. The molecule has 16 nitrogen and oxygen atoms in total. The maximum Gasteiger partial charge on any atom is 0.435 e. The molecule has 19 heteroatoms. The zero-order valence-corrected chi connectivity index (χ0v) is 30.1. The van der Waals surface area contributed by atoms with Crippen LogP contribution in [0.1, 0.15) is 92.8 Å². The summed E-state index contributed by atoms with van der Waals surface area (Å²) >= 11 is 0. The van der Waals surface area contributed by atoms with Crippen molar-refractivity contribution in [3.8, 4) is 11.3 Å². The molecule has 5 atom stereocenters. The zero-order valence-electron chi connectivity index (χ0n) is 30.1. The van der Waals surface area contributed by atoms with Crippen LogP contribution in [0.25, 0.3) is 16.8 Å². The first kappa shape index (κ1) is 38.0. The van der Waals surface area contributed by atoms with Crippen LogP contribution in [-0.2, 0) is 25.2 Å². The normalized spacial score (nSPS) is 21.0. The highest BCUT2D eigenvalue weighted by Gasteiger charge is 2.42. The van der Waals surface area contributed by atoms with Crippen LogP contribution in [0.4, 0.5) is 22.8 Å². The molecule has 1 aliphatic carbocycles. The second-order valence-electron chi connectivity index (χ2n) is 13.3. The number of rotatable bonds is 9. The summed E-state index contributed by atoms with van der Waals surface area (Å²) in [5.41, 5.74) is 0.761.